The van der Waals surface area contributed by atoms with E-state index in [0.29, 0.717) is 0 Å². The van der Waals surface area contributed by atoms with Gasteiger partial charge in [-0.2, -0.15) is 11.8 Å². The number of ether oxygens (including phenoxy) is 1. The van der Waals surface area contributed by atoms with Crippen molar-refractivity contribution in [3.8, 4) is 22.6 Å². The maximum atomic E-state index is 9.45. The Balaban J connectivity index is 2.07. The van der Waals surface area contributed by atoms with E-state index in [0.717, 1.165) is 29.2 Å². The van der Waals surface area contributed by atoms with Gasteiger partial charge in [-0.05, 0) is 41.6 Å². The van der Waals surface area contributed by atoms with Crippen LogP contribution in [0.2, 0.25) is 0 Å². The zero-order chi connectivity index (χ0) is 12.8. The van der Waals surface area contributed by atoms with Gasteiger partial charge < -0.3 is 9.84 Å². The molecule has 0 saturated carbocycles. The van der Waals surface area contributed by atoms with E-state index >= 15 is 0 Å². The first-order valence-electron chi connectivity index (χ1n) is 5.81. The molecule has 2 rings (SSSR count). The van der Waals surface area contributed by atoms with Crippen LogP contribution in [0.1, 0.15) is 0 Å². The van der Waals surface area contributed by atoms with Crippen LogP contribution in [0.5, 0.6) is 11.5 Å². The number of aromatic hydroxyl groups is 1. The molecule has 18 heavy (non-hydrogen) atoms. The molecule has 0 fully saturated rings. The number of hydrogen-bond donors (Lipinski definition) is 1. The van der Waals surface area contributed by atoms with Crippen LogP contribution in [0.25, 0.3) is 11.1 Å². The summed E-state index contributed by atoms with van der Waals surface area (Å²) in [6.45, 7) is 0.729. The van der Waals surface area contributed by atoms with E-state index < -0.39 is 0 Å². The summed E-state index contributed by atoms with van der Waals surface area (Å²) in [6.07, 6.45) is 2.06. The Hall–Kier alpha value is -1.61. The number of phenols is 1. The van der Waals surface area contributed by atoms with Crippen LogP contribution in [0, 0.1) is 0 Å². The molecule has 2 nitrogen and oxygen atoms in total. The highest BCUT2D eigenvalue weighted by Gasteiger charge is 1.99. The molecule has 0 unspecified atom stereocenters. The molecule has 0 heterocycles. The van der Waals surface area contributed by atoms with E-state index in [-0.39, 0.29) is 5.75 Å². The van der Waals surface area contributed by atoms with Gasteiger partial charge >= 0.3 is 0 Å². The highest BCUT2D eigenvalue weighted by Crippen LogP contribution is 2.25. The van der Waals surface area contributed by atoms with E-state index in [2.05, 4.69) is 6.26 Å². The van der Waals surface area contributed by atoms with Gasteiger partial charge in [-0.3, -0.25) is 0 Å². The molecule has 0 aromatic heterocycles. The Bertz CT molecular complexity index is 494. The second-order valence-electron chi connectivity index (χ2n) is 3.92. The number of phenolic OH excluding ortho intramolecular Hbond substituents is 1. The molecule has 3 heteroatoms. The summed E-state index contributed by atoms with van der Waals surface area (Å²) >= 11 is 1.77. The Kier molecular flexibility index (Phi) is 4.53. The van der Waals surface area contributed by atoms with Crippen molar-refractivity contribution in [3.05, 3.63) is 48.5 Å². The normalized spacial score (nSPS) is 10.3. The van der Waals surface area contributed by atoms with Gasteiger partial charge in [0.1, 0.15) is 11.5 Å². The lowest BCUT2D eigenvalue weighted by atomic mass is 10.1. The number of hydrogen-bond acceptors (Lipinski definition) is 3. The quantitative estimate of drug-likeness (QED) is 0.829. The largest absolute Gasteiger partial charge is 0.508 e. The topological polar surface area (TPSA) is 29.5 Å². The van der Waals surface area contributed by atoms with Gasteiger partial charge in [-0.15, -0.1) is 0 Å². The predicted octanol–water partition coefficient (Wildman–Crippen LogP) is 3.80. The first-order valence-corrected chi connectivity index (χ1v) is 7.20. The van der Waals surface area contributed by atoms with Crippen molar-refractivity contribution in [3.63, 3.8) is 0 Å². The van der Waals surface area contributed by atoms with E-state index in [1.165, 1.54) is 0 Å². The summed E-state index contributed by atoms with van der Waals surface area (Å²) in [4.78, 5) is 0. The fourth-order valence-corrected chi connectivity index (χ4v) is 1.92. The summed E-state index contributed by atoms with van der Waals surface area (Å²) in [6, 6.07) is 15.2. The molecular weight excluding hydrogens is 244 g/mol. The van der Waals surface area contributed by atoms with Gasteiger partial charge in [-0.25, -0.2) is 0 Å². The third-order valence-corrected chi connectivity index (χ3v) is 3.16. The van der Waals surface area contributed by atoms with Crippen molar-refractivity contribution < 1.29 is 9.84 Å². The molecular formula is C15H16O2S. The second kappa shape index (κ2) is 6.36. The summed E-state index contributed by atoms with van der Waals surface area (Å²) in [5.41, 5.74) is 2.08. The maximum absolute atomic E-state index is 9.45. The highest BCUT2D eigenvalue weighted by atomic mass is 32.2. The van der Waals surface area contributed by atoms with Crippen LogP contribution >= 0.6 is 11.8 Å². The van der Waals surface area contributed by atoms with Gasteiger partial charge in [0.15, 0.2) is 0 Å². The average molecular weight is 260 g/mol. The lowest BCUT2D eigenvalue weighted by molar-refractivity contribution is 0.344. The molecule has 0 aliphatic carbocycles. The standard InChI is InChI=1S/C15H16O2S/c1-18-10-9-17-15-7-5-12(6-8-15)13-3-2-4-14(16)11-13/h2-8,11,16H,9-10H2,1H3. The minimum Gasteiger partial charge on any atom is -0.508 e. The molecule has 2 aromatic carbocycles. The third kappa shape index (κ3) is 3.44. The number of benzene rings is 2. The van der Waals surface area contributed by atoms with Crippen molar-refractivity contribution in [2.24, 2.45) is 0 Å². The van der Waals surface area contributed by atoms with Crippen LogP contribution in [0.15, 0.2) is 48.5 Å². The molecule has 0 aliphatic rings. The lowest BCUT2D eigenvalue weighted by Crippen LogP contribution is -1.99. The van der Waals surface area contributed by atoms with Crippen molar-refractivity contribution >= 4 is 11.8 Å². The van der Waals surface area contributed by atoms with E-state index in [4.69, 9.17) is 4.74 Å². The Morgan fingerprint density at radius 1 is 1.06 bits per heavy atom. The summed E-state index contributed by atoms with van der Waals surface area (Å²) in [5.74, 6) is 2.16. The van der Waals surface area contributed by atoms with Gasteiger partial charge in [0.25, 0.3) is 0 Å². The van der Waals surface area contributed by atoms with E-state index in [1.807, 2.05) is 36.4 Å². The Morgan fingerprint density at radius 2 is 1.83 bits per heavy atom. The highest BCUT2D eigenvalue weighted by molar-refractivity contribution is 7.98. The van der Waals surface area contributed by atoms with E-state index in [9.17, 15) is 5.11 Å². The average Bonchev–Trinajstić information content (AvgIpc) is 2.40. The minimum absolute atomic E-state index is 0.285. The van der Waals surface area contributed by atoms with Crippen molar-refractivity contribution in [2.45, 2.75) is 0 Å². The van der Waals surface area contributed by atoms with E-state index in [1.54, 1.807) is 23.9 Å². The molecule has 0 amide bonds. The molecule has 0 spiro atoms. The zero-order valence-electron chi connectivity index (χ0n) is 10.3. The molecule has 0 saturated heterocycles. The second-order valence-corrected chi connectivity index (χ2v) is 4.90. The smallest absolute Gasteiger partial charge is 0.119 e. The lowest BCUT2D eigenvalue weighted by Gasteiger charge is -2.07. The molecule has 0 radical (unpaired) electrons. The van der Waals surface area contributed by atoms with Crippen LogP contribution in [-0.2, 0) is 0 Å². The van der Waals surface area contributed by atoms with Crippen molar-refractivity contribution in [1.82, 2.24) is 0 Å². The summed E-state index contributed by atoms with van der Waals surface area (Å²) in [7, 11) is 0. The fraction of sp³-hybridized carbons (Fsp3) is 0.200. The zero-order valence-corrected chi connectivity index (χ0v) is 11.1. The maximum Gasteiger partial charge on any atom is 0.119 e. The third-order valence-electron chi connectivity index (χ3n) is 2.59. The van der Waals surface area contributed by atoms with Crippen LogP contribution in [0.3, 0.4) is 0 Å². The molecule has 94 valence electrons. The number of thioether (sulfide) groups is 1. The molecule has 0 aliphatic heterocycles. The predicted molar refractivity (Wildman–Crippen MR) is 77.4 cm³/mol. The minimum atomic E-state index is 0.285. The van der Waals surface area contributed by atoms with Crippen LogP contribution < -0.4 is 4.74 Å². The van der Waals surface area contributed by atoms with Gasteiger partial charge in [-0.1, -0.05) is 24.3 Å². The Morgan fingerprint density at radius 3 is 2.50 bits per heavy atom. The summed E-state index contributed by atoms with van der Waals surface area (Å²) in [5, 5.41) is 9.45. The fourth-order valence-electron chi connectivity index (χ4n) is 1.67. The molecule has 0 atom stereocenters. The number of rotatable bonds is 5. The van der Waals surface area contributed by atoms with Crippen LogP contribution in [-0.4, -0.2) is 23.7 Å². The first-order chi connectivity index (χ1) is 8.79. The van der Waals surface area contributed by atoms with Crippen molar-refractivity contribution in [2.75, 3.05) is 18.6 Å². The van der Waals surface area contributed by atoms with Crippen molar-refractivity contribution in [1.29, 1.82) is 0 Å². The first kappa shape index (κ1) is 12.8. The van der Waals surface area contributed by atoms with Gasteiger partial charge in [0, 0.05) is 5.75 Å². The Labute approximate surface area is 112 Å². The molecule has 1 N–H and O–H groups in total. The van der Waals surface area contributed by atoms with Gasteiger partial charge in [0.05, 0.1) is 6.61 Å². The van der Waals surface area contributed by atoms with Crippen LogP contribution in [0.4, 0.5) is 0 Å². The molecule has 2 aromatic rings. The monoisotopic (exact) mass is 260 g/mol. The van der Waals surface area contributed by atoms with Gasteiger partial charge in [0.2, 0.25) is 0 Å². The summed E-state index contributed by atoms with van der Waals surface area (Å²) < 4.78 is 5.59. The molecule has 0 bridgehead atoms. The SMILES string of the molecule is CSCCOc1ccc(-c2cccc(O)c2)cc1.